The van der Waals surface area contributed by atoms with Gasteiger partial charge in [0.05, 0.1) is 4.88 Å². The Labute approximate surface area is 164 Å². The average Bonchev–Trinajstić information content (AvgIpc) is 3.17. The van der Waals surface area contributed by atoms with E-state index in [1.54, 1.807) is 11.3 Å². The molecule has 1 aliphatic carbocycles. The zero-order chi connectivity index (χ0) is 14.8. The summed E-state index contributed by atoms with van der Waals surface area (Å²) in [6.45, 7) is 0.635. The summed E-state index contributed by atoms with van der Waals surface area (Å²) in [5, 5.41) is 7.81. The Morgan fingerprint density at radius 1 is 1.35 bits per heavy atom. The summed E-state index contributed by atoms with van der Waals surface area (Å²) < 4.78 is 1.04. The second kappa shape index (κ2) is 9.34. The third kappa shape index (κ3) is 4.90. The number of carbonyl (C=O) groups excluding carboxylic acids is 1. The van der Waals surface area contributed by atoms with Crippen molar-refractivity contribution in [3.8, 4) is 9.88 Å². The maximum atomic E-state index is 12.3. The standard InChI is InChI=1S/C14H16BrN3OS2.2ClH/c15-9-4-12(20-6-9)14-18-11(7-21-14)13(19)17-10-3-1-2-8(10)5-16;;/h4,6-8,10H,1-3,5,16H2,(H,17,19);2*1H. The van der Waals surface area contributed by atoms with E-state index in [0.717, 1.165) is 33.6 Å². The molecule has 0 aromatic carbocycles. The average molecular weight is 459 g/mol. The van der Waals surface area contributed by atoms with Crippen LogP contribution in [-0.2, 0) is 0 Å². The Kier molecular flexibility index (Phi) is 8.47. The Morgan fingerprint density at radius 2 is 2.13 bits per heavy atom. The summed E-state index contributed by atoms with van der Waals surface area (Å²) >= 11 is 6.55. The number of thiazole rings is 1. The highest BCUT2D eigenvalue weighted by atomic mass is 79.9. The molecule has 0 saturated heterocycles. The van der Waals surface area contributed by atoms with E-state index in [1.807, 2.05) is 16.8 Å². The van der Waals surface area contributed by atoms with Gasteiger partial charge in [0.1, 0.15) is 10.7 Å². The van der Waals surface area contributed by atoms with Crippen LogP contribution >= 0.6 is 63.4 Å². The maximum absolute atomic E-state index is 12.3. The van der Waals surface area contributed by atoms with E-state index < -0.39 is 0 Å². The van der Waals surface area contributed by atoms with E-state index >= 15 is 0 Å². The third-order valence-electron chi connectivity index (χ3n) is 3.79. The van der Waals surface area contributed by atoms with Crippen LogP contribution in [0.3, 0.4) is 0 Å². The maximum Gasteiger partial charge on any atom is 0.271 e. The zero-order valence-electron chi connectivity index (χ0n) is 12.2. The lowest BCUT2D eigenvalue weighted by Gasteiger charge is -2.18. The molecule has 128 valence electrons. The van der Waals surface area contributed by atoms with Gasteiger partial charge in [0, 0.05) is 21.3 Å². The lowest BCUT2D eigenvalue weighted by molar-refractivity contribution is 0.0924. The van der Waals surface area contributed by atoms with E-state index in [4.69, 9.17) is 5.73 Å². The van der Waals surface area contributed by atoms with Crippen LogP contribution in [0.15, 0.2) is 21.3 Å². The number of thiophene rings is 1. The van der Waals surface area contributed by atoms with Gasteiger partial charge in [-0.2, -0.15) is 0 Å². The van der Waals surface area contributed by atoms with Crippen LogP contribution in [0.2, 0.25) is 0 Å². The highest BCUT2D eigenvalue weighted by Gasteiger charge is 2.28. The van der Waals surface area contributed by atoms with Gasteiger partial charge in [-0.05, 0) is 47.3 Å². The van der Waals surface area contributed by atoms with Crippen molar-refractivity contribution in [3.05, 3.63) is 27.0 Å². The predicted octanol–water partition coefficient (Wildman–Crippen LogP) is 4.33. The summed E-state index contributed by atoms with van der Waals surface area (Å²) in [6, 6.07) is 2.22. The Balaban J connectivity index is 0.00000132. The molecule has 3 rings (SSSR count). The third-order valence-corrected chi connectivity index (χ3v) is 6.50. The fourth-order valence-electron chi connectivity index (χ4n) is 2.67. The molecular weight excluding hydrogens is 441 g/mol. The monoisotopic (exact) mass is 457 g/mol. The Hall–Kier alpha value is -0.180. The number of aromatic nitrogens is 1. The minimum Gasteiger partial charge on any atom is -0.348 e. The molecule has 1 amide bonds. The number of nitrogens with zero attached hydrogens (tertiary/aromatic N) is 1. The van der Waals surface area contributed by atoms with E-state index in [9.17, 15) is 4.79 Å². The Morgan fingerprint density at radius 3 is 2.78 bits per heavy atom. The fourth-order valence-corrected chi connectivity index (χ4v) is 4.98. The molecule has 3 N–H and O–H groups in total. The van der Waals surface area contributed by atoms with Crippen LogP contribution in [0.5, 0.6) is 0 Å². The van der Waals surface area contributed by atoms with Crippen molar-refractivity contribution in [3.63, 3.8) is 0 Å². The number of nitrogens with two attached hydrogens (primary N) is 1. The fraction of sp³-hybridized carbons (Fsp3) is 0.429. The summed E-state index contributed by atoms with van der Waals surface area (Å²) in [7, 11) is 0. The first-order valence-electron chi connectivity index (χ1n) is 6.88. The number of carbonyl (C=O) groups is 1. The molecule has 0 spiro atoms. The molecule has 23 heavy (non-hydrogen) atoms. The molecule has 2 aromatic heterocycles. The summed E-state index contributed by atoms with van der Waals surface area (Å²) in [4.78, 5) is 17.8. The molecule has 0 aliphatic heterocycles. The van der Waals surface area contributed by atoms with Crippen molar-refractivity contribution in [2.75, 3.05) is 6.54 Å². The number of nitrogens with one attached hydrogen (secondary N) is 1. The minimum absolute atomic E-state index is 0. The van der Waals surface area contributed by atoms with E-state index in [2.05, 4.69) is 26.2 Å². The number of halogens is 3. The topological polar surface area (TPSA) is 68.0 Å². The van der Waals surface area contributed by atoms with Crippen molar-refractivity contribution in [1.29, 1.82) is 0 Å². The normalized spacial score (nSPS) is 19.7. The smallest absolute Gasteiger partial charge is 0.271 e. The van der Waals surface area contributed by atoms with Crippen molar-refractivity contribution in [2.45, 2.75) is 25.3 Å². The van der Waals surface area contributed by atoms with Gasteiger partial charge < -0.3 is 11.1 Å². The van der Waals surface area contributed by atoms with Crippen molar-refractivity contribution in [2.24, 2.45) is 11.7 Å². The predicted molar refractivity (Wildman–Crippen MR) is 105 cm³/mol. The molecule has 2 unspecified atom stereocenters. The number of hydrogen-bond acceptors (Lipinski definition) is 5. The lowest BCUT2D eigenvalue weighted by Crippen LogP contribution is -2.39. The second-order valence-electron chi connectivity index (χ2n) is 5.17. The van der Waals surface area contributed by atoms with Gasteiger partial charge in [0.25, 0.3) is 5.91 Å². The first kappa shape index (κ1) is 20.9. The molecule has 2 heterocycles. The van der Waals surface area contributed by atoms with Crippen molar-refractivity contribution < 1.29 is 4.79 Å². The molecular formula is C14H18BrCl2N3OS2. The van der Waals surface area contributed by atoms with Gasteiger partial charge in [-0.15, -0.1) is 47.5 Å². The van der Waals surface area contributed by atoms with Crippen LogP contribution < -0.4 is 11.1 Å². The number of rotatable bonds is 4. The quantitative estimate of drug-likeness (QED) is 0.715. The van der Waals surface area contributed by atoms with Crippen molar-refractivity contribution >= 4 is 69.3 Å². The summed E-state index contributed by atoms with van der Waals surface area (Å²) in [5.41, 5.74) is 6.26. The van der Waals surface area contributed by atoms with Gasteiger partial charge >= 0.3 is 0 Å². The summed E-state index contributed by atoms with van der Waals surface area (Å²) in [5.74, 6) is 0.318. The first-order chi connectivity index (χ1) is 10.2. The SMILES string of the molecule is Cl.Cl.NCC1CCCC1NC(=O)c1csc(-c2cc(Br)cs2)n1. The van der Waals surface area contributed by atoms with Gasteiger partial charge in [-0.1, -0.05) is 6.42 Å². The zero-order valence-corrected chi connectivity index (χ0v) is 17.0. The van der Waals surface area contributed by atoms with E-state index in [0.29, 0.717) is 18.2 Å². The molecule has 4 nitrogen and oxygen atoms in total. The molecule has 0 bridgehead atoms. The highest BCUT2D eigenvalue weighted by molar-refractivity contribution is 9.10. The highest BCUT2D eigenvalue weighted by Crippen LogP contribution is 2.32. The van der Waals surface area contributed by atoms with Crippen LogP contribution in [0.4, 0.5) is 0 Å². The largest absolute Gasteiger partial charge is 0.348 e. The molecule has 9 heteroatoms. The number of hydrogen-bond donors (Lipinski definition) is 2. The van der Waals surface area contributed by atoms with Gasteiger partial charge in [-0.25, -0.2) is 4.98 Å². The van der Waals surface area contributed by atoms with E-state index in [-0.39, 0.29) is 36.8 Å². The van der Waals surface area contributed by atoms with Crippen LogP contribution in [0.1, 0.15) is 29.8 Å². The molecule has 0 radical (unpaired) electrons. The summed E-state index contributed by atoms with van der Waals surface area (Å²) in [6.07, 6.45) is 3.26. The van der Waals surface area contributed by atoms with E-state index in [1.165, 1.54) is 11.3 Å². The number of amides is 1. The van der Waals surface area contributed by atoms with Crippen LogP contribution in [-0.4, -0.2) is 23.5 Å². The molecule has 1 fully saturated rings. The minimum atomic E-state index is -0.0847. The van der Waals surface area contributed by atoms with Gasteiger partial charge in [-0.3, -0.25) is 4.79 Å². The molecule has 2 aromatic rings. The van der Waals surface area contributed by atoms with Gasteiger partial charge in [0.15, 0.2) is 0 Å². The first-order valence-corrected chi connectivity index (χ1v) is 9.43. The second-order valence-corrected chi connectivity index (χ2v) is 7.86. The molecule has 1 aliphatic rings. The lowest BCUT2D eigenvalue weighted by atomic mass is 10.0. The van der Waals surface area contributed by atoms with Gasteiger partial charge in [0.2, 0.25) is 0 Å². The molecule has 2 atom stereocenters. The molecule has 1 saturated carbocycles. The Bertz CT molecular complexity index is 650. The van der Waals surface area contributed by atoms with Crippen molar-refractivity contribution in [1.82, 2.24) is 10.3 Å². The van der Waals surface area contributed by atoms with Crippen LogP contribution in [0.25, 0.3) is 9.88 Å². The van der Waals surface area contributed by atoms with Crippen LogP contribution in [0, 0.1) is 5.92 Å².